The monoisotopic (exact) mass is 629 g/mol. The summed E-state index contributed by atoms with van der Waals surface area (Å²) in [5.74, 6) is -1.44. The molecule has 0 unspecified atom stereocenters. The lowest BCUT2D eigenvalue weighted by Gasteiger charge is -2.20. The van der Waals surface area contributed by atoms with Crippen LogP contribution in [-0.4, -0.2) is 36.7 Å². The summed E-state index contributed by atoms with van der Waals surface area (Å²) < 4.78 is 27.5. The van der Waals surface area contributed by atoms with Gasteiger partial charge in [0.2, 0.25) is 17.8 Å². The minimum absolute atomic E-state index is 0.00924. The first-order valence-electron chi connectivity index (χ1n) is 12.9. The standard InChI is InChI=1S/C30H19Cl2F2N9O/c31-21-14-19(9-11-23(21)33)36-28-39-29(37-20-10-12-24(34)22(32)15-20)41-30(40-28)42-43-26(17-6-2-1-3-7-17)38-25(27(43)44)16-18-8-4-5-13-35-18/h1-16H,(H3,36,37,39,40,41,42)/b25-16+. The number of pyridine rings is 1. The van der Waals surface area contributed by atoms with Crippen LogP contribution in [0.25, 0.3) is 6.08 Å². The van der Waals surface area contributed by atoms with Gasteiger partial charge in [-0.2, -0.15) is 20.0 Å². The molecule has 3 N–H and O–H groups in total. The number of nitrogens with zero attached hydrogens (tertiary/aromatic N) is 6. The van der Waals surface area contributed by atoms with Gasteiger partial charge in [0.05, 0.1) is 15.7 Å². The molecule has 6 rings (SSSR count). The molecular weight excluding hydrogens is 611 g/mol. The van der Waals surface area contributed by atoms with Crippen molar-refractivity contribution < 1.29 is 13.6 Å². The predicted octanol–water partition coefficient (Wildman–Crippen LogP) is 7.00. The van der Waals surface area contributed by atoms with Crippen molar-refractivity contribution in [2.24, 2.45) is 4.99 Å². The quantitative estimate of drug-likeness (QED) is 0.157. The summed E-state index contributed by atoms with van der Waals surface area (Å²) in [6.07, 6.45) is 3.18. The Hall–Kier alpha value is -5.46. The van der Waals surface area contributed by atoms with E-state index in [0.29, 0.717) is 22.6 Å². The summed E-state index contributed by atoms with van der Waals surface area (Å²) in [4.78, 5) is 35.6. The molecule has 0 fully saturated rings. The van der Waals surface area contributed by atoms with E-state index >= 15 is 0 Å². The highest BCUT2D eigenvalue weighted by Crippen LogP contribution is 2.26. The Morgan fingerprint density at radius 3 is 1.89 bits per heavy atom. The molecule has 1 aliphatic heterocycles. The molecule has 1 amide bonds. The van der Waals surface area contributed by atoms with Crippen molar-refractivity contribution in [1.82, 2.24) is 24.9 Å². The third-order valence-electron chi connectivity index (χ3n) is 6.06. The molecule has 3 heterocycles. The highest BCUT2D eigenvalue weighted by Gasteiger charge is 2.32. The van der Waals surface area contributed by atoms with Crippen LogP contribution >= 0.6 is 23.2 Å². The van der Waals surface area contributed by atoms with E-state index < -0.39 is 17.5 Å². The highest BCUT2D eigenvalue weighted by atomic mass is 35.5. The maximum Gasteiger partial charge on any atom is 0.297 e. The van der Waals surface area contributed by atoms with Crippen molar-refractivity contribution in [2.75, 3.05) is 16.1 Å². The molecule has 5 aromatic rings. The van der Waals surface area contributed by atoms with Crippen LogP contribution < -0.4 is 16.1 Å². The number of amidine groups is 1. The van der Waals surface area contributed by atoms with Crippen LogP contribution in [0.5, 0.6) is 0 Å². The maximum atomic E-state index is 13.8. The Bertz CT molecular complexity index is 1850. The molecule has 2 aromatic heterocycles. The number of benzene rings is 3. The number of amides is 1. The molecule has 14 heteroatoms. The Balaban J connectivity index is 1.38. The number of hydrazine groups is 1. The first kappa shape index (κ1) is 28.6. The van der Waals surface area contributed by atoms with Gasteiger partial charge in [-0.3, -0.25) is 15.2 Å². The smallest absolute Gasteiger partial charge is 0.297 e. The van der Waals surface area contributed by atoms with E-state index in [1.807, 2.05) is 18.2 Å². The van der Waals surface area contributed by atoms with E-state index in [1.54, 1.807) is 42.6 Å². The number of hydrogen-bond acceptors (Lipinski definition) is 9. The Kier molecular flexibility index (Phi) is 8.08. The van der Waals surface area contributed by atoms with E-state index in [9.17, 15) is 13.6 Å². The van der Waals surface area contributed by atoms with Crippen molar-refractivity contribution in [3.63, 3.8) is 0 Å². The molecule has 1 aliphatic rings. The number of nitrogens with one attached hydrogen (secondary N) is 3. The van der Waals surface area contributed by atoms with Crippen LogP contribution in [0.1, 0.15) is 11.3 Å². The molecule has 0 saturated carbocycles. The summed E-state index contributed by atoms with van der Waals surface area (Å²) >= 11 is 11.9. The number of aromatic nitrogens is 4. The Morgan fingerprint density at radius 1 is 0.727 bits per heavy atom. The normalized spacial score (nSPS) is 13.6. The third-order valence-corrected chi connectivity index (χ3v) is 6.64. The van der Waals surface area contributed by atoms with Gasteiger partial charge in [-0.25, -0.2) is 13.8 Å². The molecule has 218 valence electrons. The second-order valence-electron chi connectivity index (χ2n) is 9.15. The van der Waals surface area contributed by atoms with E-state index in [4.69, 9.17) is 23.2 Å². The highest BCUT2D eigenvalue weighted by molar-refractivity contribution is 6.31. The molecule has 0 spiro atoms. The minimum Gasteiger partial charge on any atom is -0.324 e. The maximum absolute atomic E-state index is 13.8. The molecular formula is C30H19Cl2F2N9O. The van der Waals surface area contributed by atoms with Crippen LogP contribution in [-0.2, 0) is 4.79 Å². The fourth-order valence-corrected chi connectivity index (χ4v) is 4.41. The summed E-state index contributed by atoms with van der Waals surface area (Å²) in [5, 5.41) is 6.88. The second kappa shape index (κ2) is 12.4. The second-order valence-corrected chi connectivity index (χ2v) is 9.97. The van der Waals surface area contributed by atoms with Gasteiger partial charge in [0.15, 0.2) is 5.84 Å². The number of hydrogen-bond donors (Lipinski definition) is 3. The molecule has 0 bridgehead atoms. The average molecular weight is 630 g/mol. The van der Waals surface area contributed by atoms with Gasteiger partial charge in [-0.15, -0.1) is 0 Å². The number of carbonyl (C=O) groups is 1. The van der Waals surface area contributed by atoms with Crippen LogP contribution in [0.15, 0.2) is 102 Å². The molecule has 10 nitrogen and oxygen atoms in total. The average Bonchev–Trinajstić information content (AvgIpc) is 3.32. The van der Waals surface area contributed by atoms with Crippen LogP contribution in [0.3, 0.4) is 0 Å². The minimum atomic E-state index is -0.597. The van der Waals surface area contributed by atoms with Gasteiger partial charge in [-0.1, -0.05) is 59.6 Å². The van der Waals surface area contributed by atoms with E-state index in [1.165, 1.54) is 41.4 Å². The number of aliphatic imine (C=N–C) groups is 1. The lowest BCUT2D eigenvalue weighted by Crippen LogP contribution is -2.38. The SMILES string of the molecule is O=C1/C(=C\c2ccccn2)N=C(c2ccccc2)N1Nc1nc(Nc2ccc(F)c(Cl)c2)nc(Nc2ccc(F)c(Cl)c2)n1. The molecule has 3 aromatic carbocycles. The van der Waals surface area contributed by atoms with E-state index in [-0.39, 0.29) is 39.4 Å². The summed E-state index contributed by atoms with van der Waals surface area (Å²) in [6.45, 7) is 0. The summed E-state index contributed by atoms with van der Waals surface area (Å²) in [7, 11) is 0. The summed E-state index contributed by atoms with van der Waals surface area (Å²) in [6, 6.07) is 22.4. The predicted molar refractivity (Wildman–Crippen MR) is 165 cm³/mol. The van der Waals surface area contributed by atoms with Crippen molar-refractivity contribution in [2.45, 2.75) is 0 Å². The third kappa shape index (κ3) is 6.46. The van der Waals surface area contributed by atoms with Gasteiger partial charge in [0.25, 0.3) is 5.91 Å². The number of anilines is 5. The van der Waals surface area contributed by atoms with Crippen LogP contribution in [0.2, 0.25) is 10.0 Å². The van der Waals surface area contributed by atoms with Gasteiger partial charge in [-0.05, 0) is 54.6 Å². The zero-order valence-corrected chi connectivity index (χ0v) is 23.9. The lowest BCUT2D eigenvalue weighted by molar-refractivity contribution is -0.121. The molecule has 0 aliphatic carbocycles. The summed E-state index contributed by atoms with van der Waals surface area (Å²) in [5.41, 5.74) is 5.01. The van der Waals surface area contributed by atoms with Gasteiger partial charge >= 0.3 is 0 Å². The zero-order chi connectivity index (χ0) is 30.6. The van der Waals surface area contributed by atoms with E-state index in [0.717, 1.165) is 0 Å². The van der Waals surface area contributed by atoms with Gasteiger partial charge < -0.3 is 10.6 Å². The number of carbonyl (C=O) groups excluding carboxylic acids is 1. The molecule has 0 saturated heterocycles. The molecule has 0 atom stereocenters. The molecule has 0 radical (unpaired) electrons. The largest absolute Gasteiger partial charge is 0.324 e. The molecule has 44 heavy (non-hydrogen) atoms. The first-order valence-corrected chi connectivity index (χ1v) is 13.7. The van der Waals surface area contributed by atoms with E-state index in [2.05, 4.69) is 41.0 Å². The van der Waals surface area contributed by atoms with Crippen molar-refractivity contribution in [3.8, 4) is 0 Å². The Labute approximate surface area is 259 Å². The Morgan fingerprint density at radius 2 is 1.32 bits per heavy atom. The van der Waals surface area contributed by atoms with Gasteiger partial charge in [0.1, 0.15) is 17.3 Å². The van der Waals surface area contributed by atoms with Crippen molar-refractivity contribution in [1.29, 1.82) is 0 Å². The number of halogens is 4. The van der Waals surface area contributed by atoms with Crippen molar-refractivity contribution >= 4 is 70.2 Å². The van der Waals surface area contributed by atoms with Crippen LogP contribution in [0.4, 0.5) is 38.0 Å². The topological polar surface area (TPSA) is 120 Å². The van der Waals surface area contributed by atoms with Crippen molar-refractivity contribution in [3.05, 3.63) is 130 Å². The fraction of sp³-hybridized carbons (Fsp3) is 0. The lowest BCUT2D eigenvalue weighted by atomic mass is 10.2. The van der Waals surface area contributed by atoms with Crippen LogP contribution in [0, 0.1) is 11.6 Å². The van der Waals surface area contributed by atoms with Gasteiger partial charge in [0, 0.05) is 23.1 Å². The zero-order valence-electron chi connectivity index (χ0n) is 22.3. The fourth-order valence-electron chi connectivity index (χ4n) is 4.05. The first-order chi connectivity index (χ1) is 21.3. The number of rotatable bonds is 8.